The molecule has 5 nitrogen and oxygen atoms in total. The number of primary amides is 1. The van der Waals surface area contributed by atoms with E-state index < -0.39 is 18.0 Å². The lowest BCUT2D eigenvalue weighted by molar-refractivity contribution is -0.142. The Balaban J connectivity index is 3.94. The first-order valence-corrected chi connectivity index (χ1v) is 3.35. The maximum absolute atomic E-state index is 10.7. The Morgan fingerprint density at radius 3 is 2.55 bits per heavy atom. The zero-order valence-electron chi connectivity index (χ0n) is 5.96. The van der Waals surface area contributed by atoms with Crippen molar-refractivity contribution in [2.75, 3.05) is 13.0 Å². The molecule has 0 fully saturated rings. The van der Waals surface area contributed by atoms with Gasteiger partial charge >= 0.3 is 12.0 Å². The number of carbonyl (C=O) groups excluding carboxylic acids is 2. The SMILES string of the molecule is COC(=O)[C@H](CCl)NC(N)=O. The molecule has 11 heavy (non-hydrogen) atoms. The van der Waals surface area contributed by atoms with Crippen LogP contribution in [-0.2, 0) is 9.53 Å². The molecular formula is C5H9ClN2O3. The van der Waals surface area contributed by atoms with Crippen LogP contribution in [-0.4, -0.2) is 31.0 Å². The number of urea groups is 1. The molecule has 0 radical (unpaired) electrons. The Morgan fingerprint density at radius 1 is 1.73 bits per heavy atom. The fraction of sp³-hybridized carbons (Fsp3) is 0.600. The topological polar surface area (TPSA) is 81.4 Å². The lowest BCUT2D eigenvalue weighted by atomic mass is 10.3. The summed E-state index contributed by atoms with van der Waals surface area (Å²) in [4.78, 5) is 20.9. The van der Waals surface area contributed by atoms with Crippen molar-refractivity contribution in [1.82, 2.24) is 5.32 Å². The van der Waals surface area contributed by atoms with Crippen LogP contribution >= 0.6 is 11.6 Å². The third-order valence-corrected chi connectivity index (χ3v) is 1.27. The highest BCUT2D eigenvalue weighted by Crippen LogP contribution is 1.90. The third-order valence-electron chi connectivity index (χ3n) is 0.956. The van der Waals surface area contributed by atoms with Gasteiger partial charge in [0.2, 0.25) is 0 Å². The monoisotopic (exact) mass is 180 g/mol. The summed E-state index contributed by atoms with van der Waals surface area (Å²) >= 11 is 5.31. The molecule has 0 unspecified atom stereocenters. The van der Waals surface area contributed by atoms with E-state index in [1.54, 1.807) is 0 Å². The van der Waals surface area contributed by atoms with Crippen LogP contribution in [0.3, 0.4) is 0 Å². The van der Waals surface area contributed by atoms with E-state index in [0.29, 0.717) is 0 Å². The highest BCUT2D eigenvalue weighted by atomic mass is 35.5. The molecule has 0 spiro atoms. The van der Waals surface area contributed by atoms with E-state index >= 15 is 0 Å². The van der Waals surface area contributed by atoms with Crippen LogP contribution in [0.4, 0.5) is 4.79 Å². The summed E-state index contributed by atoms with van der Waals surface area (Å²) in [7, 11) is 1.20. The highest BCUT2D eigenvalue weighted by Gasteiger charge is 2.18. The molecule has 0 rings (SSSR count). The van der Waals surface area contributed by atoms with E-state index in [-0.39, 0.29) is 5.88 Å². The molecule has 0 heterocycles. The second-order valence-corrected chi connectivity index (χ2v) is 2.05. The number of esters is 1. The molecule has 0 aliphatic heterocycles. The predicted molar refractivity (Wildman–Crippen MR) is 39.2 cm³/mol. The summed E-state index contributed by atoms with van der Waals surface area (Å²) in [5.74, 6) is -0.672. The van der Waals surface area contributed by atoms with Gasteiger partial charge in [0, 0.05) is 0 Å². The Hall–Kier alpha value is -0.970. The Kier molecular flexibility index (Phi) is 4.36. The van der Waals surface area contributed by atoms with Crippen LogP contribution in [0.1, 0.15) is 0 Å². The summed E-state index contributed by atoms with van der Waals surface area (Å²) in [6, 6.07) is -1.67. The number of hydrogen-bond donors (Lipinski definition) is 2. The fourth-order valence-electron chi connectivity index (χ4n) is 0.474. The quantitative estimate of drug-likeness (QED) is 0.451. The van der Waals surface area contributed by atoms with Gasteiger partial charge in [-0.2, -0.15) is 0 Å². The van der Waals surface area contributed by atoms with Crippen molar-refractivity contribution in [3.8, 4) is 0 Å². The first-order chi connectivity index (χ1) is 5.11. The first kappa shape index (κ1) is 10.0. The number of nitrogens with one attached hydrogen (secondary N) is 1. The van der Waals surface area contributed by atoms with E-state index in [1.807, 2.05) is 0 Å². The van der Waals surface area contributed by atoms with Crippen molar-refractivity contribution in [1.29, 1.82) is 0 Å². The molecule has 0 saturated carbocycles. The lowest BCUT2D eigenvalue weighted by Crippen LogP contribution is -2.45. The standard InChI is InChI=1S/C5H9ClN2O3/c1-11-4(9)3(2-6)8-5(7)10/h3H,2H2,1H3,(H3,7,8,10)/t3-/m0/s1. The summed E-state index contributed by atoms with van der Waals surface area (Å²) < 4.78 is 4.31. The van der Waals surface area contributed by atoms with Crippen molar-refractivity contribution in [3.05, 3.63) is 0 Å². The van der Waals surface area contributed by atoms with Crippen LogP contribution in [0.5, 0.6) is 0 Å². The van der Waals surface area contributed by atoms with Gasteiger partial charge in [-0.1, -0.05) is 0 Å². The minimum Gasteiger partial charge on any atom is -0.467 e. The maximum atomic E-state index is 10.7. The molecule has 0 aliphatic rings. The van der Waals surface area contributed by atoms with Crippen LogP contribution in [0.25, 0.3) is 0 Å². The van der Waals surface area contributed by atoms with Gasteiger partial charge in [0.1, 0.15) is 6.04 Å². The van der Waals surface area contributed by atoms with E-state index in [1.165, 1.54) is 7.11 Å². The highest BCUT2D eigenvalue weighted by molar-refractivity contribution is 6.19. The Morgan fingerprint density at radius 2 is 2.27 bits per heavy atom. The summed E-state index contributed by atoms with van der Waals surface area (Å²) in [6.07, 6.45) is 0. The number of rotatable bonds is 3. The number of nitrogens with two attached hydrogens (primary N) is 1. The zero-order chi connectivity index (χ0) is 8.85. The molecule has 0 aliphatic carbocycles. The van der Waals surface area contributed by atoms with E-state index in [9.17, 15) is 9.59 Å². The molecule has 64 valence electrons. The van der Waals surface area contributed by atoms with Gasteiger partial charge in [0.05, 0.1) is 13.0 Å². The minimum atomic E-state index is -0.862. The number of carbonyl (C=O) groups is 2. The van der Waals surface area contributed by atoms with Crippen LogP contribution in [0.2, 0.25) is 0 Å². The molecule has 3 N–H and O–H groups in total. The number of methoxy groups -OCH3 is 1. The number of amides is 2. The van der Waals surface area contributed by atoms with Gasteiger partial charge in [0.25, 0.3) is 0 Å². The van der Waals surface area contributed by atoms with E-state index in [0.717, 1.165) is 0 Å². The fourth-order valence-corrected chi connectivity index (χ4v) is 0.678. The number of ether oxygens (including phenoxy) is 1. The van der Waals surface area contributed by atoms with Crippen LogP contribution in [0, 0.1) is 0 Å². The van der Waals surface area contributed by atoms with Crippen molar-refractivity contribution in [3.63, 3.8) is 0 Å². The van der Waals surface area contributed by atoms with E-state index in [4.69, 9.17) is 17.3 Å². The molecular weight excluding hydrogens is 172 g/mol. The van der Waals surface area contributed by atoms with Crippen LogP contribution < -0.4 is 11.1 Å². The third kappa shape index (κ3) is 3.67. The molecule has 1 atom stereocenters. The number of alkyl halides is 1. The van der Waals surface area contributed by atoms with E-state index in [2.05, 4.69) is 10.1 Å². The molecule has 0 aromatic heterocycles. The molecule has 2 amide bonds. The lowest BCUT2D eigenvalue weighted by Gasteiger charge is -2.10. The smallest absolute Gasteiger partial charge is 0.329 e. The molecule has 0 bridgehead atoms. The second kappa shape index (κ2) is 4.79. The van der Waals surface area contributed by atoms with Gasteiger partial charge < -0.3 is 15.8 Å². The summed E-state index contributed by atoms with van der Waals surface area (Å²) in [5, 5.41) is 2.11. The van der Waals surface area contributed by atoms with Crippen molar-refractivity contribution in [2.45, 2.75) is 6.04 Å². The van der Waals surface area contributed by atoms with Crippen molar-refractivity contribution >= 4 is 23.6 Å². The zero-order valence-corrected chi connectivity index (χ0v) is 6.72. The second-order valence-electron chi connectivity index (χ2n) is 1.74. The molecule has 0 aromatic carbocycles. The molecule has 6 heteroatoms. The predicted octanol–water partition coefficient (Wildman–Crippen LogP) is -0.565. The first-order valence-electron chi connectivity index (χ1n) is 2.81. The van der Waals surface area contributed by atoms with Gasteiger partial charge in [-0.15, -0.1) is 11.6 Å². The van der Waals surface area contributed by atoms with Gasteiger partial charge in [-0.05, 0) is 0 Å². The van der Waals surface area contributed by atoms with Gasteiger partial charge in [-0.3, -0.25) is 0 Å². The Bertz CT molecular complexity index is 162. The summed E-state index contributed by atoms with van der Waals surface area (Å²) in [6.45, 7) is 0. The summed E-state index contributed by atoms with van der Waals surface area (Å²) in [5.41, 5.74) is 4.74. The maximum Gasteiger partial charge on any atom is 0.329 e. The number of hydrogen-bond acceptors (Lipinski definition) is 3. The average molecular weight is 181 g/mol. The van der Waals surface area contributed by atoms with Gasteiger partial charge in [0.15, 0.2) is 0 Å². The minimum absolute atomic E-state index is 0.0599. The largest absolute Gasteiger partial charge is 0.467 e. The van der Waals surface area contributed by atoms with Crippen molar-refractivity contribution in [2.24, 2.45) is 5.73 Å². The normalized spacial score (nSPS) is 11.8. The molecule has 0 saturated heterocycles. The van der Waals surface area contributed by atoms with Crippen LogP contribution in [0.15, 0.2) is 0 Å². The van der Waals surface area contributed by atoms with Gasteiger partial charge in [-0.25, -0.2) is 9.59 Å². The average Bonchev–Trinajstić information content (AvgIpc) is 1.98. The Labute approximate surface area is 68.8 Å². The molecule has 0 aromatic rings. The van der Waals surface area contributed by atoms with Crippen molar-refractivity contribution < 1.29 is 14.3 Å². The number of halogens is 1.